The first kappa shape index (κ1) is 13.6. The molecular formula is C13H17BN2O3. The van der Waals surface area contributed by atoms with Crippen LogP contribution in [0.1, 0.15) is 12.0 Å². The average Bonchev–Trinajstić information content (AvgIpc) is 2.89. The van der Waals surface area contributed by atoms with E-state index in [2.05, 4.69) is 4.98 Å². The second kappa shape index (κ2) is 6.40. The Morgan fingerprint density at radius 1 is 1.37 bits per heavy atom. The highest BCUT2D eigenvalue weighted by atomic mass is 16.5. The summed E-state index contributed by atoms with van der Waals surface area (Å²) < 4.78 is 7.57. The molecule has 0 saturated heterocycles. The van der Waals surface area contributed by atoms with Gasteiger partial charge in [0, 0.05) is 24.4 Å². The van der Waals surface area contributed by atoms with Crippen LogP contribution in [0.3, 0.4) is 0 Å². The van der Waals surface area contributed by atoms with Crippen molar-refractivity contribution in [3.8, 4) is 5.75 Å². The summed E-state index contributed by atoms with van der Waals surface area (Å²) in [6, 6.07) is 5.37. The molecular weight excluding hydrogens is 243 g/mol. The number of imidazole rings is 1. The molecule has 0 atom stereocenters. The highest BCUT2D eigenvalue weighted by Crippen LogP contribution is 2.10. The third-order valence-electron chi connectivity index (χ3n) is 2.82. The number of aryl methyl sites for hydroxylation is 2. The maximum atomic E-state index is 9.30. The van der Waals surface area contributed by atoms with Crippen molar-refractivity contribution >= 4 is 12.6 Å². The molecule has 5 nitrogen and oxygen atoms in total. The van der Waals surface area contributed by atoms with E-state index in [1.165, 1.54) is 0 Å². The number of benzene rings is 1. The van der Waals surface area contributed by atoms with E-state index < -0.39 is 7.12 Å². The van der Waals surface area contributed by atoms with Gasteiger partial charge in [0.2, 0.25) is 0 Å². The number of nitrogens with zero attached hydrogens (tertiary/aromatic N) is 2. The van der Waals surface area contributed by atoms with Crippen molar-refractivity contribution in [3.63, 3.8) is 0 Å². The lowest BCUT2D eigenvalue weighted by molar-refractivity contribution is 0.302. The minimum absolute atomic E-state index is 0.405. The molecule has 1 aromatic carbocycles. The zero-order valence-electron chi connectivity index (χ0n) is 10.9. The number of hydrogen-bond donors (Lipinski definition) is 2. The Kier molecular flexibility index (Phi) is 4.60. The van der Waals surface area contributed by atoms with E-state index in [1.54, 1.807) is 24.7 Å². The summed E-state index contributed by atoms with van der Waals surface area (Å²) in [6.45, 7) is 3.23. The quantitative estimate of drug-likeness (QED) is 0.580. The molecule has 0 bridgehead atoms. The molecule has 0 aliphatic heterocycles. The Bertz CT molecular complexity index is 515. The first-order valence-corrected chi connectivity index (χ1v) is 6.22. The van der Waals surface area contributed by atoms with Crippen LogP contribution in [0.5, 0.6) is 5.75 Å². The van der Waals surface area contributed by atoms with Gasteiger partial charge < -0.3 is 19.4 Å². The van der Waals surface area contributed by atoms with Gasteiger partial charge in [0.05, 0.1) is 12.9 Å². The summed E-state index contributed by atoms with van der Waals surface area (Å²) in [6.07, 6.45) is 6.22. The fourth-order valence-electron chi connectivity index (χ4n) is 1.85. The van der Waals surface area contributed by atoms with Crippen molar-refractivity contribution in [2.24, 2.45) is 0 Å². The van der Waals surface area contributed by atoms with Crippen LogP contribution in [0, 0.1) is 6.92 Å². The van der Waals surface area contributed by atoms with Crippen molar-refractivity contribution in [1.29, 1.82) is 0 Å². The van der Waals surface area contributed by atoms with E-state index in [9.17, 15) is 10.0 Å². The number of ether oxygens (including phenoxy) is 1. The highest BCUT2D eigenvalue weighted by molar-refractivity contribution is 6.59. The molecule has 19 heavy (non-hydrogen) atoms. The van der Waals surface area contributed by atoms with Gasteiger partial charge in [-0.15, -0.1) is 0 Å². The smallest absolute Gasteiger partial charge is 0.492 e. The Balaban J connectivity index is 1.88. The maximum absolute atomic E-state index is 9.30. The fraction of sp³-hybridized carbons (Fsp3) is 0.308. The minimum Gasteiger partial charge on any atom is -0.494 e. The van der Waals surface area contributed by atoms with Crippen molar-refractivity contribution < 1.29 is 14.8 Å². The van der Waals surface area contributed by atoms with E-state index in [4.69, 9.17) is 4.74 Å². The van der Waals surface area contributed by atoms with Crippen molar-refractivity contribution in [3.05, 3.63) is 42.5 Å². The van der Waals surface area contributed by atoms with Crippen LogP contribution < -0.4 is 10.2 Å². The Morgan fingerprint density at radius 3 is 2.89 bits per heavy atom. The standard InChI is InChI=1S/C13H17BN2O3/c1-11-3-4-13(12(9-11)14(17)18)19-8-2-6-16-7-5-15-10-16/h3-5,7,9-10,17-18H,2,6,8H2,1H3. The third kappa shape index (κ3) is 3.84. The lowest BCUT2D eigenvalue weighted by Gasteiger charge is -2.12. The Hall–Kier alpha value is -1.79. The molecule has 6 heteroatoms. The molecule has 1 aromatic heterocycles. The molecule has 0 saturated carbocycles. The van der Waals surface area contributed by atoms with Crippen molar-refractivity contribution in [2.75, 3.05) is 6.61 Å². The van der Waals surface area contributed by atoms with E-state index >= 15 is 0 Å². The number of hydrogen-bond acceptors (Lipinski definition) is 4. The molecule has 2 N–H and O–H groups in total. The Morgan fingerprint density at radius 2 is 2.21 bits per heavy atom. The van der Waals surface area contributed by atoms with Gasteiger partial charge in [-0.2, -0.15) is 0 Å². The molecule has 0 aliphatic rings. The van der Waals surface area contributed by atoms with E-state index in [1.807, 2.05) is 23.8 Å². The SMILES string of the molecule is Cc1ccc(OCCCn2ccnc2)c(B(O)O)c1. The van der Waals surface area contributed by atoms with Crippen molar-refractivity contribution in [2.45, 2.75) is 19.9 Å². The highest BCUT2D eigenvalue weighted by Gasteiger charge is 2.17. The molecule has 0 aliphatic carbocycles. The molecule has 0 amide bonds. The maximum Gasteiger partial charge on any atom is 0.492 e. The van der Waals surface area contributed by atoms with Gasteiger partial charge in [0.1, 0.15) is 5.75 Å². The molecule has 0 unspecified atom stereocenters. The first-order valence-electron chi connectivity index (χ1n) is 6.22. The molecule has 0 spiro atoms. The van der Waals surface area contributed by atoms with Gasteiger partial charge in [-0.3, -0.25) is 0 Å². The topological polar surface area (TPSA) is 67.5 Å². The predicted molar refractivity (Wildman–Crippen MR) is 73.3 cm³/mol. The fourth-order valence-corrected chi connectivity index (χ4v) is 1.85. The summed E-state index contributed by atoms with van der Waals surface area (Å²) in [5.41, 5.74) is 1.37. The van der Waals surface area contributed by atoms with E-state index in [0.29, 0.717) is 17.8 Å². The minimum atomic E-state index is -1.51. The zero-order chi connectivity index (χ0) is 13.7. The second-order valence-electron chi connectivity index (χ2n) is 4.42. The van der Waals surface area contributed by atoms with Crippen LogP contribution in [0.4, 0.5) is 0 Å². The lowest BCUT2D eigenvalue weighted by Crippen LogP contribution is -2.31. The summed E-state index contributed by atoms with van der Waals surface area (Å²) in [7, 11) is -1.51. The van der Waals surface area contributed by atoms with Crippen LogP contribution in [0.25, 0.3) is 0 Å². The van der Waals surface area contributed by atoms with Crippen LogP contribution in [0.15, 0.2) is 36.9 Å². The Labute approximate surface area is 112 Å². The van der Waals surface area contributed by atoms with Gasteiger partial charge in [-0.1, -0.05) is 17.7 Å². The number of rotatable bonds is 6. The summed E-state index contributed by atoms with van der Waals surface area (Å²) in [4.78, 5) is 3.96. The zero-order valence-corrected chi connectivity index (χ0v) is 10.9. The largest absolute Gasteiger partial charge is 0.494 e. The predicted octanol–water partition coefficient (Wildman–Crippen LogP) is 0.340. The molecule has 100 valence electrons. The van der Waals surface area contributed by atoms with Crippen molar-refractivity contribution in [1.82, 2.24) is 9.55 Å². The third-order valence-corrected chi connectivity index (χ3v) is 2.82. The molecule has 2 aromatic rings. The van der Waals surface area contributed by atoms with Gasteiger partial charge in [-0.25, -0.2) is 4.98 Å². The van der Waals surface area contributed by atoms with Crippen LogP contribution >= 0.6 is 0 Å². The monoisotopic (exact) mass is 260 g/mol. The number of aromatic nitrogens is 2. The van der Waals surface area contributed by atoms with E-state index in [0.717, 1.165) is 18.5 Å². The first-order chi connectivity index (χ1) is 9.16. The van der Waals surface area contributed by atoms with Gasteiger partial charge in [-0.05, 0) is 19.4 Å². The lowest BCUT2D eigenvalue weighted by atomic mass is 9.79. The van der Waals surface area contributed by atoms with E-state index in [-0.39, 0.29) is 0 Å². The normalized spacial score (nSPS) is 10.5. The van der Waals surface area contributed by atoms with Gasteiger partial charge in [0.25, 0.3) is 0 Å². The summed E-state index contributed by atoms with van der Waals surface area (Å²) in [5.74, 6) is 0.520. The van der Waals surface area contributed by atoms with Gasteiger partial charge in [0.15, 0.2) is 0 Å². The summed E-state index contributed by atoms with van der Waals surface area (Å²) >= 11 is 0. The van der Waals surface area contributed by atoms with Crippen LogP contribution in [0.2, 0.25) is 0 Å². The van der Waals surface area contributed by atoms with Crippen LogP contribution in [-0.4, -0.2) is 33.3 Å². The molecule has 2 rings (SSSR count). The molecule has 0 radical (unpaired) electrons. The second-order valence-corrected chi connectivity index (χ2v) is 4.42. The van der Waals surface area contributed by atoms with Gasteiger partial charge >= 0.3 is 7.12 Å². The van der Waals surface area contributed by atoms with Crippen LogP contribution in [-0.2, 0) is 6.54 Å². The molecule has 1 heterocycles. The summed E-state index contributed by atoms with van der Waals surface area (Å²) in [5, 5.41) is 18.6. The molecule has 0 fully saturated rings. The average molecular weight is 260 g/mol.